The Morgan fingerprint density at radius 3 is 2.74 bits per heavy atom. The van der Waals surface area contributed by atoms with Crippen LogP contribution >= 0.6 is 35.1 Å². The number of hydrogen-bond acceptors (Lipinski definition) is 10. The van der Waals surface area contributed by atoms with E-state index in [2.05, 4.69) is 21.2 Å². The van der Waals surface area contributed by atoms with Gasteiger partial charge >= 0.3 is 11.6 Å². The lowest BCUT2D eigenvalue weighted by atomic mass is 9.96. The summed E-state index contributed by atoms with van der Waals surface area (Å²) >= 11 is 3.95. The molecule has 0 radical (unpaired) electrons. The summed E-state index contributed by atoms with van der Waals surface area (Å²) < 4.78 is 44.2. The number of fused-ring (bicyclic) bond motifs is 5. The van der Waals surface area contributed by atoms with Crippen molar-refractivity contribution in [2.75, 3.05) is 13.1 Å². The maximum atomic E-state index is 13.8. The Morgan fingerprint density at radius 1 is 1.26 bits per heavy atom. The van der Waals surface area contributed by atoms with E-state index in [9.17, 15) is 23.0 Å². The number of amides is 1. The lowest BCUT2D eigenvalue weighted by molar-refractivity contribution is -0.777. The summed E-state index contributed by atoms with van der Waals surface area (Å²) in [4.78, 5) is 15.1. The van der Waals surface area contributed by atoms with Crippen molar-refractivity contribution in [3.8, 4) is 0 Å². The molecule has 0 bridgehead atoms. The SMILES string of the molecule is C[n+]1c(C=C2Sc3ccc(S(=O)(=O)[O-])cc3[N+]23CCCCC32C(=O)[N+]23CC3[NH3+])sc2ccc(SOO[O-])cc21. The highest BCUT2D eigenvalue weighted by Gasteiger charge is 3.04. The summed E-state index contributed by atoms with van der Waals surface area (Å²) in [5, 5.41) is 15.6. The first-order valence-electron chi connectivity index (χ1n) is 12.3. The molecule has 0 aliphatic carbocycles. The molecule has 3 spiro atoms. The fourth-order valence-corrected chi connectivity index (χ4v) is 10.2. The van der Waals surface area contributed by atoms with Gasteiger partial charge < -0.3 is 15.5 Å². The molecular weight excluding hydrogens is 585 g/mol. The Bertz CT molecular complexity index is 1730. The number of carbonyl (C=O) groups is 1. The van der Waals surface area contributed by atoms with Crippen LogP contribution in [0.4, 0.5) is 5.69 Å². The van der Waals surface area contributed by atoms with Crippen molar-refractivity contribution in [1.29, 1.82) is 0 Å². The van der Waals surface area contributed by atoms with E-state index in [1.165, 1.54) is 23.9 Å². The predicted molar refractivity (Wildman–Crippen MR) is 139 cm³/mol. The van der Waals surface area contributed by atoms with Gasteiger partial charge in [-0.15, -0.1) is 4.48 Å². The minimum absolute atomic E-state index is 0.0241. The first-order valence-corrected chi connectivity index (χ1v) is 16.1. The number of benzene rings is 2. The highest BCUT2D eigenvalue weighted by Crippen LogP contribution is 2.70. The molecule has 3 N–H and O–H groups in total. The van der Waals surface area contributed by atoms with Gasteiger partial charge in [0.2, 0.25) is 12.1 Å². The monoisotopic (exact) mass is 608 g/mol. The average molecular weight is 609 g/mol. The number of carbonyl (C=O) groups excluding carboxylic acids is 1. The number of piperidine rings is 1. The number of hydrogen-bond donors (Lipinski definition) is 1. The highest BCUT2D eigenvalue weighted by atomic mass is 32.2. The van der Waals surface area contributed by atoms with E-state index in [4.69, 9.17) is 0 Å². The van der Waals surface area contributed by atoms with Gasteiger partial charge in [-0.3, -0.25) is 5.04 Å². The van der Waals surface area contributed by atoms with Crippen LogP contribution in [0.25, 0.3) is 16.3 Å². The minimum Gasteiger partial charge on any atom is -0.744 e. The van der Waals surface area contributed by atoms with Crippen LogP contribution in [-0.2, 0) is 31.3 Å². The van der Waals surface area contributed by atoms with Crippen molar-refractivity contribution < 1.29 is 47.2 Å². The van der Waals surface area contributed by atoms with E-state index in [1.807, 2.05) is 29.8 Å². The first kappa shape index (κ1) is 26.0. The van der Waals surface area contributed by atoms with Gasteiger partial charge in [0, 0.05) is 17.0 Å². The van der Waals surface area contributed by atoms with Crippen molar-refractivity contribution in [3.63, 3.8) is 0 Å². The third-order valence-electron chi connectivity index (χ3n) is 8.67. The van der Waals surface area contributed by atoms with Crippen molar-refractivity contribution >= 4 is 73.1 Å². The van der Waals surface area contributed by atoms with E-state index in [1.54, 1.807) is 17.4 Å². The van der Waals surface area contributed by atoms with Crippen LogP contribution in [0.1, 0.15) is 24.3 Å². The fraction of sp³-hybridized carbons (Fsp3) is 0.333. The van der Waals surface area contributed by atoms with Gasteiger partial charge in [0.25, 0.3) is 11.2 Å². The average Bonchev–Trinajstić information content (AvgIpc) is 3.61. The maximum absolute atomic E-state index is 13.8. The lowest BCUT2D eigenvalue weighted by Gasteiger charge is -2.40. The first-order chi connectivity index (χ1) is 18.6. The molecule has 4 aliphatic heterocycles. The number of thioether (sulfide) groups is 1. The van der Waals surface area contributed by atoms with Crippen LogP contribution in [-0.4, -0.2) is 48.3 Å². The molecule has 4 aliphatic rings. The van der Waals surface area contributed by atoms with E-state index in [0.29, 0.717) is 34.6 Å². The molecular formula is C24H24N4O7S4+2. The Hall–Kier alpha value is -1.89. The molecule has 0 saturated carbocycles. The number of quaternary nitrogens is 3. The molecule has 4 unspecified atom stereocenters. The van der Waals surface area contributed by atoms with Crippen LogP contribution in [0.15, 0.2) is 56.1 Å². The van der Waals surface area contributed by atoms with Crippen molar-refractivity contribution in [2.24, 2.45) is 7.05 Å². The Kier molecular flexibility index (Phi) is 5.72. The Morgan fingerprint density at radius 2 is 2.05 bits per heavy atom. The summed E-state index contributed by atoms with van der Waals surface area (Å²) in [6.45, 7) is 1.31. The summed E-state index contributed by atoms with van der Waals surface area (Å²) in [5.74, 6) is 0.153. The van der Waals surface area contributed by atoms with Gasteiger partial charge in [0.1, 0.15) is 21.9 Å². The second-order valence-corrected chi connectivity index (χ2v) is 14.6. The molecule has 7 rings (SSSR count). The van der Waals surface area contributed by atoms with Crippen molar-refractivity contribution in [1.82, 2.24) is 4.48 Å². The van der Waals surface area contributed by atoms with Gasteiger partial charge in [-0.25, -0.2) is 13.2 Å². The van der Waals surface area contributed by atoms with Crippen LogP contribution in [0.3, 0.4) is 0 Å². The zero-order valence-corrected chi connectivity index (χ0v) is 24.0. The normalized spacial score (nSPS) is 32.2. The third kappa shape index (κ3) is 3.34. The number of rotatable bonds is 5. The molecule has 5 heterocycles. The molecule has 11 nitrogen and oxygen atoms in total. The molecule has 3 fully saturated rings. The van der Waals surface area contributed by atoms with Gasteiger partial charge in [0.15, 0.2) is 10.7 Å². The van der Waals surface area contributed by atoms with E-state index < -0.39 is 15.8 Å². The number of aryl methyl sites for hydroxylation is 1. The van der Waals surface area contributed by atoms with Crippen molar-refractivity contribution in [3.05, 3.63) is 46.4 Å². The van der Waals surface area contributed by atoms with Crippen LogP contribution in [0.5, 0.6) is 0 Å². The molecule has 3 saturated heterocycles. The third-order valence-corrected chi connectivity index (χ3v) is 12.4. The number of thiazole rings is 1. The van der Waals surface area contributed by atoms with E-state index in [0.717, 1.165) is 50.0 Å². The van der Waals surface area contributed by atoms with Crippen LogP contribution < -0.4 is 20.0 Å². The summed E-state index contributed by atoms with van der Waals surface area (Å²) in [5.41, 5.74) is 5.13. The molecule has 204 valence electrons. The summed E-state index contributed by atoms with van der Waals surface area (Å²) in [6.07, 6.45) is 4.52. The number of aromatic nitrogens is 1. The molecule has 4 atom stereocenters. The number of nitrogens with zero attached hydrogens (tertiary/aromatic N) is 3. The fourth-order valence-electron chi connectivity index (χ4n) is 6.87. The topological polar surface area (TPSA) is 147 Å². The lowest BCUT2D eigenvalue weighted by Crippen LogP contribution is -2.65. The van der Waals surface area contributed by atoms with Crippen LogP contribution in [0.2, 0.25) is 0 Å². The second-order valence-electron chi connectivity index (χ2n) is 10.3. The summed E-state index contributed by atoms with van der Waals surface area (Å²) in [6, 6.07) is 10.2. The smallest absolute Gasteiger partial charge is 0.447 e. The molecule has 2 aromatic carbocycles. The molecule has 3 aromatic rings. The van der Waals surface area contributed by atoms with Gasteiger partial charge in [-0.2, -0.15) is 13.4 Å². The maximum Gasteiger partial charge on any atom is 0.447 e. The Balaban J connectivity index is 1.43. The Labute approximate surface area is 236 Å². The highest BCUT2D eigenvalue weighted by molar-refractivity contribution is 8.03. The quantitative estimate of drug-likeness (QED) is 0.0855. The molecule has 39 heavy (non-hydrogen) atoms. The zero-order valence-electron chi connectivity index (χ0n) is 20.7. The van der Waals surface area contributed by atoms with Gasteiger partial charge in [-0.05, 0) is 48.9 Å². The van der Waals surface area contributed by atoms with Gasteiger partial charge in [0.05, 0.1) is 40.9 Å². The summed E-state index contributed by atoms with van der Waals surface area (Å²) in [7, 11) is -2.73. The minimum atomic E-state index is -4.68. The van der Waals surface area contributed by atoms with E-state index >= 15 is 0 Å². The second kappa shape index (κ2) is 8.56. The standard InChI is InChI=1S/C24H23N4O7S4/c1-26-16-10-14(38-35-34-30)4-6-18(16)36-21(26)12-22-27(17-11-15(39(31,32)33)5-7-19(17)37-22)9-3-2-8-24(27)23(29)28(24)13-20(28)25/h4-7,10-12,20H,2-3,8-9,13,25H2,1H3/q+1/p+1. The van der Waals surface area contributed by atoms with Gasteiger partial charge in [-0.1, -0.05) is 11.3 Å². The molecule has 1 amide bonds. The zero-order chi connectivity index (χ0) is 27.4. The van der Waals surface area contributed by atoms with Crippen molar-refractivity contribution in [2.45, 2.75) is 45.8 Å². The van der Waals surface area contributed by atoms with Crippen LogP contribution in [0, 0.1) is 0 Å². The molecule has 1 aromatic heterocycles. The molecule has 15 heteroatoms. The largest absolute Gasteiger partial charge is 0.744 e. The van der Waals surface area contributed by atoms with E-state index in [-0.39, 0.29) is 21.5 Å². The predicted octanol–water partition coefficient (Wildman–Crippen LogP) is 1.09.